The number of rotatable bonds is 1. The Morgan fingerprint density at radius 1 is 1.36 bits per heavy atom. The van der Waals surface area contributed by atoms with E-state index in [1.807, 2.05) is 0 Å². The number of amides is 1. The topological polar surface area (TPSA) is 77.9 Å². The average molecular weight is 206 g/mol. The maximum absolute atomic E-state index is 11.9. The number of carbonyl (C=O) groups is 1. The van der Waals surface area contributed by atoms with Crippen LogP contribution in [0.4, 0.5) is 23.7 Å². The van der Waals surface area contributed by atoms with Gasteiger partial charge in [0, 0.05) is 0 Å². The van der Waals surface area contributed by atoms with E-state index in [1.54, 1.807) is 5.32 Å². The second kappa shape index (κ2) is 3.48. The SMILES string of the molecule is O=C([O-])Nc1cnc(C(F)(F)F)nc1. The van der Waals surface area contributed by atoms with Crippen LogP contribution >= 0.6 is 0 Å². The Bertz CT molecular complexity index is 335. The molecule has 8 heteroatoms. The minimum Gasteiger partial charge on any atom is -0.530 e. The van der Waals surface area contributed by atoms with E-state index in [0.717, 1.165) is 0 Å². The van der Waals surface area contributed by atoms with Crippen molar-refractivity contribution in [3.63, 3.8) is 0 Å². The van der Waals surface area contributed by atoms with Gasteiger partial charge in [-0.1, -0.05) is 0 Å². The number of anilines is 1. The van der Waals surface area contributed by atoms with Crippen LogP contribution in [0.3, 0.4) is 0 Å². The summed E-state index contributed by atoms with van der Waals surface area (Å²) < 4.78 is 35.7. The first-order valence-corrected chi connectivity index (χ1v) is 3.27. The van der Waals surface area contributed by atoms with Crippen LogP contribution in [0, 0.1) is 0 Å². The summed E-state index contributed by atoms with van der Waals surface area (Å²) in [4.78, 5) is 15.8. The number of hydrogen-bond acceptors (Lipinski definition) is 4. The molecular weight excluding hydrogens is 203 g/mol. The molecule has 0 bridgehead atoms. The fourth-order valence-corrected chi connectivity index (χ4v) is 0.657. The van der Waals surface area contributed by atoms with Crippen LogP contribution in [0.1, 0.15) is 5.82 Å². The predicted octanol–water partition coefficient (Wildman–Crippen LogP) is 0.251. The van der Waals surface area contributed by atoms with Crippen LogP contribution in [-0.2, 0) is 6.18 Å². The van der Waals surface area contributed by atoms with Crippen molar-refractivity contribution in [1.82, 2.24) is 9.97 Å². The first-order valence-electron chi connectivity index (χ1n) is 3.27. The Balaban J connectivity index is 2.84. The molecule has 0 saturated heterocycles. The van der Waals surface area contributed by atoms with E-state index in [0.29, 0.717) is 12.4 Å². The molecule has 0 aliphatic carbocycles. The lowest BCUT2D eigenvalue weighted by molar-refractivity contribution is -0.242. The number of alkyl halides is 3. The van der Waals surface area contributed by atoms with E-state index in [-0.39, 0.29) is 5.69 Å². The van der Waals surface area contributed by atoms with Gasteiger partial charge in [-0.3, -0.25) is 0 Å². The van der Waals surface area contributed by atoms with Crippen molar-refractivity contribution in [3.8, 4) is 0 Å². The number of aromatic nitrogens is 2. The molecule has 1 heterocycles. The number of hydrogen-bond donors (Lipinski definition) is 1. The molecule has 1 aromatic rings. The van der Waals surface area contributed by atoms with E-state index in [2.05, 4.69) is 9.97 Å². The van der Waals surface area contributed by atoms with Gasteiger partial charge in [-0.15, -0.1) is 0 Å². The minimum absolute atomic E-state index is 0.182. The number of carboxylic acid groups (broad SMARTS) is 1. The zero-order valence-corrected chi connectivity index (χ0v) is 6.50. The van der Waals surface area contributed by atoms with Gasteiger partial charge in [0.05, 0.1) is 18.1 Å². The molecule has 0 unspecified atom stereocenters. The summed E-state index contributed by atoms with van der Waals surface area (Å²) in [5, 5.41) is 11.6. The molecule has 76 valence electrons. The monoisotopic (exact) mass is 206 g/mol. The maximum Gasteiger partial charge on any atom is 0.451 e. The second-order valence-corrected chi connectivity index (χ2v) is 2.21. The molecule has 1 amide bonds. The first-order chi connectivity index (χ1) is 6.39. The highest BCUT2D eigenvalue weighted by atomic mass is 19.4. The lowest BCUT2D eigenvalue weighted by atomic mass is 10.5. The largest absolute Gasteiger partial charge is 0.530 e. The Morgan fingerprint density at radius 2 is 1.86 bits per heavy atom. The second-order valence-electron chi connectivity index (χ2n) is 2.21. The van der Waals surface area contributed by atoms with Gasteiger partial charge in [-0.25, -0.2) is 9.97 Å². The van der Waals surface area contributed by atoms with Crippen molar-refractivity contribution >= 4 is 11.8 Å². The molecule has 5 nitrogen and oxygen atoms in total. The molecule has 14 heavy (non-hydrogen) atoms. The lowest BCUT2D eigenvalue weighted by Gasteiger charge is -2.07. The molecule has 1 aromatic heterocycles. The van der Waals surface area contributed by atoms with Crippen LogP contribution in [-0.4, -0.2) is 16.1 Å². The molecule has 1 rings (SSSR count). The van der Waals surface area contributed by atoms with E-state index in [1.165, 1.54) is 0 Å². The van der Waals surface area contributed by atoms with Crippen molar-refractivity contribution in [2.24, 2.45) is 0 Å². The van der Waals surface area contributed by atoms with E-state index in [9.17, 15) is 23.1 Å². The van der Waals surface area contributed by atoms with E-state index < -0.39 is 18.1 Å². The Kier molecular flexibility index (Phi) is 2.54. The standard InChI is InChI=1S/C6H4F3N3O2/c7-6(8,9)4-10-1-3(2-11-4)12-5(13)14/h1-2,12H,(H,13,14)/p-1. The fraction of sp³-hybridized carbons (Fsp3) is 0.167. The highest BCUT2D eigenvalue weighted by Crippen LogP contribution is 2.25. The molecule has 0 atom stereocenters. The summed E-state index contributed by atoms with van der Waals surface area (Å²) in [6.45, 7) is 0. The summed E-state index contributed by atoms with van der Waals surface area (Å²) in [7, 11) is 0. The van der Waals surface area contributed by atoms with Crippen LogP contribution in [0.5, 0.6) is 0 Å². The smallest absolute Gasteiger partial charge is 0.451 e. The maximum atomic E-state index is 11.9. The quantitative estimate of drug-likeness (QED) is 0.714. The molecule has 0 radical (unpaired) electrons. The Labute approximate surface area is 75.6 Å². The molecule has 0 aromatic carbocycles. The molecule has 0 spiro atoms. The lowest BCUT2D eigenvalue weighted by Crippen LogP contribution is -2.29. The van der Waals surface area contributed by atoms with Gasteiger partial charge < -0.3 is 15.2 Å². The van der Waals surface area contributed by atoms with Gasteiger partial charge >= 0.3 is 6.18 Å². The molecule has 1 N–H and O–H groups in total. The zero-order chi connectivity index (χ0) is 10.8. The minimum atomic E-state index is -4.64. The molecule has 0 aliphatic heterocycles. The van der Waals surface area contributed by atoms with E-state index in [4.69, 9.17) is 0 Å². The van der Waals surface area contributed by atoms with Gasteiger partial charge in [0.2, 0.25) is 5.82 Å². The van der Waals surface area contributed by atoms with Crippen molar-refractivity contribution in [3.05, 3.63) is 18.2 Å². The van der Waals surface area contributed by atoms with Gasteiger partial charge in [0.25, 0.3) is 0 Å². The third kappa shape index (κ3) is 2.57. The van der Waals surface area contributed by atoms with Crippen LogP contribution in [0.15, 0.2) is 12.4 Å². The highest BCUT2D eigenvalue weighted by Gasteiger charge is 2.34. The van der Waals surface area contributed by atoms with Crippen LogP contribution in [0.2, 0.25) is 0 Å². The van der Waals surface area contributed by atoms with Crippen molar-refractivity contribution in [1.29, 1.82) is 0 Å². The van der Waals surface area contributed by atoms with Gasteiger partial charge in [0.15, 0.2) is 0 Å². The van der Waals surface area contributed by atoms with Gasteiger partial charge in [0.1, 0.15) is 6.09 Å². The average Bonchev–Trinajstić information content (AvgIpc) is 2.02. The number of halogens is 3. The van der Waals surface area contributed by atoms with Gasteiger partial charge in [-0.2, -0.15) is 13.2 Å². The number of carbonyl (C=O) groups excluding carboxylic acids is 1. The summed E-state index contributed by atoms with van der Waals surface area (Å²) >= 11 is 0. The Morgan fingerprint density at radius 3 is 2.21 bits per heavy atom. The Hall–Kier alpha value is -1.86. The van der Waals surface area contributed by atoms with Gasteiger partial charge in [-0.05, 0) is 0 Å². The summed E-state index contributed by atoms with van der Waals surface area (Å²) in [6, 6.07) is 0. The predicted molar refractivity (Wildman–Crippen MR) is 36.1 cm³/mol. The van der Waals surface area contributed by atoms with Crippen LogP contribution in [0.25, 0.3) is 0 Å². The normalized spacial score (nSPS) is 11.1. The first kappa shape index (κ1) is 10.2. The molecule has 0 aliphatic rings. The summed E-state index contributed by atoms with van der Waals surface area (Å²) in [6.07, 6.45) is -4.88. The fourth-order valence-electron chi connectivity index (χ4n) is 0.657. The number of nitrogens with zero attached hydrogens (tertiary/aromatic N) is 2. The molecule has 0 saturated carbocycles. The molecule has 0 fully saturated rings. The number of nitrogens with one attached hydrogen (secondary N) is 1. The van der Waals surface area contributed by atoms with Crippen molar-refractivity contribution in [2.75, 3.05) is 5.32 Å². The third-order valence-electron chi connectivity index (χ3n) is 1.15. The van der Waals surface area contributed by atoms with Crippen molar-refractivity contribution in [2.45, 2.75) is 6.18 Å². The van der Waals surface area contributed by atoms with Crippen molar-refractivity contribution < 1.29 is 23.1 Å². The third-order valence-corrected chi connectivity index (χ3v) is 1.15. The molecular formula is C6H3F3N3O2-. The summed E-state index contributed by atoms with van der Waals surface area (Å²) in [5.41, 5.74) is -0.182. The summed E-state index contributed by atoms with van der Waals surface area (Å²) in [5.74, 6) is -1.33. The van der Waals surface area contributed by atoms with Crippen LogP contribution < -0.4 is 10.4 Å². The zero-order valence-electron chi connectivity index (χ0n) is 6.50. The van der Waals surface area contributed by atoms with E-state index >= 15 is 0 Å². The highest BCUT2D eigenvalue weighted by molar-refractivity contribution is 5.80.